The minimum atomic E-state index is -0.310. The summed E-state index contributed by atoms with van der Waals surface area (Å²) in [7, 11) is 0. The molecule has 4 heteroatoms. The molecule has 0 aliphatic carbocycles. The fourth-order valence-corrected chi connectivity index (χ4v) is 2.89. The zero-order valence-corrected chi connectivity index (χ0v) is 15.3. The van der Waals surface area contributed by atoms with Crippen LogP contribution in [0.4, 0.5) is 0 Å². The van der Waals surface area contributed by atoms with E-state index < -0.39 is 0 Å². The Hall–Kier alpha value is -3.45. The molecule has 0 saturated heterocycles. The fourth-order valence-electron chi connectivity index (χ4n) is 2.89. The van der Waals surface area contributed by atoms with Crippen LogP contribution >= 0.6 is 0 Å². The molecule has 27 heavy (non-hydrogen) atoms. The van der Waals surface area contributed by atoms with Gasteiger partial charge in [0.15, 0.2) is 0 Å². The number of nitriles is 1. The van der Waals surface area contributed by atoms with E-state index in [2.05, 4.69) is 23.3 Å². The van der Waals surface area contributed by atoms with E-state index in [1.165, 1.54) is 0 Å². The standard InChI is InChI=1S/C23H21N3O/c1-2-3-14-25-23(27)22-20(16-24)19(17-10-6-4-7-11-17)15-21(26-22)18-12-8-5-9-13-18/h4-13,15H,2-3,14H2,1H3,(H,25,27). The minimum absolute atomic E-state index is 0.175. The molecule has 1 N–H and O–H groups in total. The van der Waals surface area contributed by atoms with Crippen molar-refractivity contribution in [2.75, 3.05) is 6.54 Å². The number of pyridine rings is 1. The lowest BCUT2D eigenvalue weighted by Gasteiger charge is -2.13. The van der Waals surface area contributed by atoms with E-state index in [0.29, 0.717) is 23.4 Å². The SMILES string of the molecule is CCCCNC(=O)c1nc(-c2ccccc2)cc(-c2ccccc2)c1C#N. The predicted octanol–water partition coefficient (Wildman–Crippen LogP) is 4.82. The zero-order chi connectivity index (χ0) is 19.1. The summed E-state index contributed by atoms with van der Waals surface area (Å²) in [4.78, 5) is 17.3. The topological polar surface area (TPSA) is 65.8 Å². The highest BCUT2D eigenvalue weighted by Gasteiger charge is 2.20. The first kappa shape index (κ1) is 18.3. The van der Waals surface area contributed by atoms with E-state index in [1.54, 1.807) is 0 Å². The van der Waals surface area contributed by atoms with Gasteiger partial charge in [-0.1, -0.05) is 74.0 Å². The van der Waals surface area contributed by atoms with Gasteiger partial charge < -0.3 is 5.32 Å². The highest BCUT2D eigenvalue weighted by atomic mass is 16.1. The van der Waals surface area contributed by atoms with E-state index in [9.17, 15) is 10.1 Å². The molecule has 0 atom stereocenters. The number of carbonyl (C=O) groups excluding carboxylic acids is 1. The maximum atomic E-state index is 12.7. The number of hydrogen-bond donors (Lipinski definition) is 1. The molecule has 0 saturated carbocycles. The Kier molecular flexibility index (Phi) is 5.96. The molecule has 0 fully saturated rings. The summed E-state index contributed by atoms with van der Waals surface area (Å²) >= 11 is 0. The molecule has 0 aliphatic heterocycles. The Morgan fingerprint density at radius 2 is 1.67 bits per heavy atom. The van der Waals surface area contributed by atoms with Gasteiger partial charge in [-0.3, -0.25) is 4.79 Å². The van der Waals surface area contributed by atoms with Gasteiger partial charge >= 0.3 is 0 Å². The molecule has 3 rings (SSSR count). The number of nitrogens with one attached hydrogen (secondary N) is 1. The first-order valence-corrected chi connectivity index (χ1v) is 9.08. The largest absolute Gasteiger partial charge is 0.351 e. The van der Waals surface area contributed by atoms with Gasteiger partial charge in [-0.25, -0.2) is 4.98 Å². The first-order chi connectivity index (χ1) is 13.2. The van der Waals surface area contributed by atoms with Crippen molar-refractivity contribution in [3.05, 3.63) is 78.0 Å². The monoisotopic (exact) mass is 355 g/mol. The molecular formula is C23H21N3O. The van der Waals surface area contributed by atoms with Gasteiger partial charge in [0.2, 0.25) is 0 Å². The van der Waals surface area contributed by atoms with E-state index in [0.717, 1.165) is 24.0 Å². The molecule has 3 aromatic rings. The number of nitrogens with zero attached hydrogens (tertiary/aromatic N) is 2. The normalized spacial score (nSPS) is 10.2. The molecule has 2 aromatic carbocycles. The summed E-state index contributed by atoms with van der Waals surface area (Å²) in [5.74, 6) is -0.310. The molecule has 1 aromatic heterocycles. The van der Waals surface area contributed by atoms with Gasteiger partial charge in [-0.15, -0.1) is 0 Å². The number of amides is 1. The Morgan fingerprint density at radius 1 is 1.04 bits per heavy atom. The molecular weight excluding hydrogens is 334 g/mol. The molecule has 0 spiro atoms. The molecule has 1 amide bonds. The number of carbonyl (C=O) groups is 1. The average Bonchev–Trinajstić information content (AvgIpc) is 2.74. The summed E-state index contributed by atoms with van der Waals surface area (Å²) in [5, 5.41) is 12.7. The van der Waals surface area contributed by atoms with Crippen LogP contribution in [0, 0.1) is 11.3 Å². The van der Waals surface area contributed by atoms with Gasteiger partial charge in [-0.2, -0.15) is 5.26 Å². The third-order valence-electron chi connectivity index (χ3n) is 4.32. The minimum Gasteiger partial charge on any atom is -0.351 e. The Bertz CT molecular complexity index is 960. The third-order valence-corrected chi connectivity index (χ3v) is 4.32. The highest BCUT2D eigenvalue weighted by molar-refractivity contribution is 5.98. The quantitative estimate of drug-likeness (QED) is 0.645. The van der Waals surface area contributed by atoms with Gasteiger partial charge in [0.1, 0.15) is 11.8 Å². The smallest absolute Gasteiger partial charge is 0.271 e. The molecule has 4 nitrogen and oxygen atoms in total. The van der Waals surface area contributed by atoms with Crippen molar-refractivity contribution >= 4 is 5.91 Å². The van der Waals surface area contributed by atoms with Crippen molar-refractivity contribution in [3.8, 4) is 28.5 Å². The van der Waals surface area contributed by atoms with E-state index in [4.69, 9.17) is 0 Å². The van der Waals surface area contributed by atoms with Gasteiger partial charge in [-0.05, 0) is 18.1 Å². The van der Waals surface area contributed by atoms with Gasteiger partial charge in [0.05, 0.1) is 11.3 Å². The van der Waals surface area contributed by atoms with Crippen molar-refractivity contribution in [1.29, 1.82) is 5.26 Å². The van der Waals surface area contributed by atoms with Crippen molar-refractivity contribution in [3.63, 3.8) is 0 Å². The zero-order valence-electron chi connectivity index (χ0n) is 15.3. The second-order valence-corrected chi connectivity index (χ2v) is 6.23. The van der Waals surface area contributed by atoms with Crippen LogP contribution in [0.5, 0.6) is 0 Å². The lowest BCUT2D eigenvalue weighted by atomic mass is 9.96. The second kappa shape index (κ2) is 8.77. The van der Waals surface area contributed by atoms with Crippen LogP contribution in [0.1, 0.15) is 35.8 Å². The molecule has 0 aliphatic rings. The lowest BCUT2D eigenvalue weighted by molar-refractivity contribution is 0.0948. The summed E-state index contributed by atoms with van der Waals surface area (Å²) in [6, 6.07) is 23.4. The van der Waals surface area contributed by atoms with Crippen LogP contribution in [0.2, 0.25) is 0 Å². The number of aromatic nitrogens is 1. The predicted molar refractivity (Wildman–Crippen MR) is 107 cm³/mol. The van der Waals surface area contributed by atoms with Gasteiger partial charge in [0.25, 0.3) is 5.91 Å². The first-order valence-electron chi connectivity index (χ1n) is 9.08. The molecule has 0 unspecified atom stereocenters. The fraction of sp³-hybridized carbons (Fsp3) is 0.174. The number of rotatable bonds is 6. The number of hydrogen-bond acceptors (Lipinski definition) is 3. The number of unbranched alkanes of at least 4 members (excludes halogenated alkanes) is 1. The van der Waals surface area contributed by atoms with Crippen LogP contribution in [0.25, 0.3) is 22.4 Å². The van der Waals surface area contributed by atoms with E-state index in [-0.39, 0.29) is 11.6 Å². The van der Waals surface area contributed by atoms with Crippen LogP contribution in [-0.4, -0.2) is 17.4 Å². The van der Waals surface area contributed by atoms with Gasteiger partial charge in [0, 0.05) is 17.7 Å². The molecule has 0 bridgehead atoms. The maximum absolute atomic E-state index is 12.7. The van der Waals surface area contributed by atoms with E-state index >= 15 is 0 Å². The van der Waals surface area contributed by atoms with E-state index in [1.807, 2.05) is 66.7 Å². The molecule has 134 valence electrons. The van der Waals surface area contributed by atoms with Crippen molar-refractivity contribution in [2.24, 2.45) is 0 Å². The number of benzene rings is 2. The summed E-state index contributed by atoms with van der Waals surface area (Å²) in [6.45, 7) is 2.63. The molecule has 0 radical (unpaired) electrons. The van der Waals surface area contributed by atoms with Crippen molar-refractivity contribution < 1.29 is 4.79 Å². The lowest BCUT2D eigenvalue weighted by Crippen LogP contribution is -2.26. The third kappa shape index (κ3) is 4.21. The van der Waals surface area contributed by atoms with Crippen LogP contribution in [0.3, 0.4) is 0 Å². The van der Waals surface area contributed by atoms with Crippen LogP contribution in [0.15, 0.2) is 66.7 Å². The van der Waals surface area contributed by atoms with Crippen LogP contribution < -0.4 is 5.32 Å². The second-order valence-electron chi connectivity index (χ2n) is 6.23. The highest BCUT2D eigenvalue weighted by Crippen LogP contribution is 2.30. The van der Waals surface area contributed by atoms with Crippen LogP contribution in [-0.2, 0) is 0 Å². The summed E-state index contributed by atoms with van der Waals surface area (Å²) in [5.41, 5.74) is 3.66. The Morgan fingerprint density at radius 3 is 2.26 bits per heavy atom. The average molecular weight is 355 g/mol. The summed E-state index contributed by atoms with van der Waals surface area (Å²) < 4.78 is 0. The summed E-state index contributed by atoms with van der Waals surface area (Å²) in [6.07, 6.45) is 1.87. The Balaban J connectivity index is 2.16. The van der Waals surface area contributed by atoms with Crippen molar-refractivity contribution in [1.82, 2.24) is 10.3 Å². The molecule has 1 heterocycles. The Labute approximate surface area is 159 Å². The maximum Gasteiger partial charge on any atom is 0.271 e. The van der Waals surface area contributed by atoms with Crippen molar-refractivity contribution in [2.45, 2.75) is 19.8 Å².